The molecule has 5 nitrogen and oxygen atoms in total. The Morgan fingerprint density at radius 2 is 1.79 bits per heavy atom. The standard InChI is InChI=1S/C12H12ClN3O2S/c1-8-14-11(13)7-12(15-8)16-9-3-5-10(6-4-9)19(2,17)18/h3-7H,1-2H3,(H,14,15,16). The summed E-state index contributed by atoms with van der Waals surface area (Å²) in [5, 5.41) is 3.38. The predicted octanol–water partition coefficient (Wildman–Crippen LogP) is 2.59. The second kappa shape index (κ2) is 5.14. The van der Waals surface area contributed by atoms with Gasteiger partial charge in [0.1, 0.15) is 16.8 Å². The highest BCUT2D eigenvalue weighted by molar-refractivity contribution is 7.90. The van der Waals surface area contributed by atoms with Crippen LogP contribution in [-0.2, 0) is 9.84 Å². The van der Waals surface area contributed by atoms with Gasteiger partial charge < -0.3 is 5.32 Å². The summed E-state index contributed by atoms with van der Waals surface area (Å²) < 4.78 is 22.7. The van der Waals surface area contributed by atoms with Crippen molar-refractivity contribution in [3.05, 3.63) is 41.3 Å². The second-order valence-electron chi connectivity index (χ2n) is 4.04. The highest BCUT2D eigenvalue weighted by atomic mass is 35.5. The summed E-state index contributed by atoms with van der Waals surface area (Å²) in [6.07, 6.45) is 1.17. The number of sulfone groups is 1. The summed E-state index contributed by atoms with van der Waals surface area (Å²) >= 11 is 5.83. The molecule has 100 valence electrons. The van der Waals surface area contributed by atoms with E-state index in [-0.39, 0.29) is 4.90 Å². The van der Waals surface area contributed by atoms with Crippen LogP contribution in [0.3, 0.4) is 0 Å². The van der Waals surface area contributed by atoms with E-state index < -0.39 is 9.84 Å². The minimum atomic E-state index is -3.18. The molecular weight excluding hydrogens is 286 g/mol. The maximum absolute atomic E-state index is 11.3. The molecule has 0 saturated heterocycles. The zero-order valence-corrected chi connectivity index (χ0v) is 12.0. The van der Waals surface area contributed by atoms with E-state index in [1.54, 1.807) is 25.1 Å². The molecule has 0 radical (unpaired) electrons. The lowest BCUT2D eigenvalue weighted by molar-refractivity contribution is 0.602. The fourth-order valence-electron chi connectivity index (χ4n) is 1.53. The van der Waals surface area contributed by atoms with Gasteiger partial charge in [0, 0.05) is 18.0 Å². The van der Waals surface area contributed by atoms with Crippen molar-refractivity contribution >= 4 is 32.9 Å². The maximum Gasteiger partial charge on any atom is 0.175 e. The number of aromatic nitrogens is 2. The Labute approximate surface area is 116 Å². The molecule has 0 unspecified atom stereocenters. The Bertz CT molecular complexity index is 679. The first-order valence-corrected chi connectivity index (χ1v) is 7.70. The zero-order chi connectivity index (χ0) is 14.0. The number of hydrogen-bond donors (Lipinski definition) is 1. The lowest BCUT2D eigenvalue weighted by Gasteiger charge is -2.07. The molecule has 1 aromatic carbocycles. The quantitative estimate of drug-likeness (QED) is 0.882. The molecule has 0 aliphatic carbocycles. The molecule has 1 aromatic heterocycles. The molecule has 7 heteroatoms. The normalized spacial score (nSPS) is 11.3. The van der Waals surface area contributed by atoms with Gasteiger partial charge in [-0.15, -0.1) is 0 Å². The number of rotatable bonds is 3. The number of nitrogens with zero attached hydrogens (tertiary/aromatic N) is 2. The lowest BCUT2D eigenvalue weighted by Crippen LogP contribution is -1.99. The summed E-state index contributed by atoms with van der Waals surface area (Å²) in [5.41, 5.74) is 0.724. The van der Waals surface area contributed by atoms with Crippen LogP contribution < -0.4 is 5.32 Å². The summed E-state index contributed by atoms with van der Waals surface area (Å²) in [5.74, 6) is 1.12. The van der Waals surface area contributed by atoms with Gasteiger partial charge in [0.2, 0.25) is 0 Å². The first kappa shape index (κ1) is 13.8. The highest BCUT2D eigenvalue weighted by Gasteiger charge is 2.06. The summed E-state index contributed by atoms with van der Waals surface area (Å²) in [6.45, 7) is 1.74. The average molecular weight is 298 g/mol. The number of aryl methyl sites for hydroxylation is 1. The Morgan fingerprint density at radius 3 is 2.32 bits per heavy atom. The molecule has 2 rings (SSSR count). The van der Waals surface area contributed by atoms with Crippen LogP contribution in [0.25, 0.3) is 0 Å². The van der Waals surface area contributed by atoms with Crippen LogP contribution in [0.4, 0.5) is 11.5 Å². The molecule has 0 atom stereocenters. The number of nitrogens with one attached hydrogen (secondary N) is 1. The van der Waals surface area contributed by atoms with E-state index in [0.717, 1.165) is 5.69 Å². The van der Waals surface area contributed by atoms with Gasteiger partial charge in [-0.1, -0.05) is 11.6 Å². The SMILES string of the molecule is Cc1nc(Cl)cc(Nc2ccc(S(C)(=O)=O)cc2)n1. The summed E-state index contributed by atoms with van der Waals surface area (Å²) in [6, 6.07) is 8.00. The van der Waals surface area contributed by atoms with Crippen molar-refractivity contribution in [2.24, 2.45) is 0 Å². The van der Waals surface area contributed by atoms with Gasteiger partial charge in [-0.25, -0.2) is 18.4 Å². The molecule has 19 heavy (non-hydrogen) atoms. The third-order valence-electron chi connectivity index (χ3n) is 2.36. The zero-order valence-electron chi connectivity index (χ0n) is 10.4. The molecule has 0 bridgehead atoms. The predicted molar refractivity (Wildman–Crippen MR) is 74.6 cm³/mol. The van der Waals surface area contributed by atoms with E-state index in [2.05, 4.69) is 15.3 Å². The molecule has 0 saturated carbocycles. The fourth-order valence-corrected chi connectivity index (χ4v) is 2.38. The summed E-state index contributed by atoms with van der Waals surface area (Å²) in [4.78, 5) is 8.41. The van der Waals surface area contributed by atoms with Crippen LogP contribution in [0.15, 0.2) is 35.2 Å². The first-order valence-electron chi connectivity index (χ1n) is 5.43. The Balaban J connectivity index is 2.24. The Hall–Kier alpha value is -1.66. The molecule has 2 aromatic rings. The smallest absolute Gasteiger partial charge is 0.175 e. The molecule has 1 N–H and O–H groups in total. The van der Waals surface area contributed by atoms with E-state index >= 15 is 0 Å². The van der Waals surface area contributed by atoms with Crippen molar-refractivity contribution in [2.45, 2.75) is 11.8 Å². The number of hydrogen-bond acceptors (Lipinski definition) is 5. The van der Waals surface area contributed by atoms with Crippen LogP contribution in [0.5, 0.6) is 0 Å². The van der Waals surface area contributed by atoms with Gasteiger partial charge >= 0.3 is 0 Å². The van der Waals surface area contributed by atoms with E-state index in [9.17, 15) is 8.42 Å². The molecular formula is C12H12ClN3O2S. The van der Waals surface area contributed by atoms with Gasteiger partial charge in [-0.3, -0.25) is 0 Å². The van der Waals surface area contributed by atoms with Crippen molar-refractivity contribution in [1.82, 2.24) is 9.97 Å². The number of anilines is 2. The monoisotopic (exact) mass is 297 g/mol. The second-order valence-corrected chi connectivity index (χ2v) is 6.45. The van der Waals surface area contributed by atoms with Crippen molar-refractivity contribution in [3.8, 4) is 0 Å². The lowest BCUT2D eigenvalue weighted by atomic mass is 10.3. The van der Waals surface area contributed by atoms with E-state index in [0.29, 0.717) is 16.8 Å². The molecule has 0 spiro atoms. The average Bonchev–Trinajstić information content (AvgIpc) is 2.26. The Kier molecular flexibility index (Phi) is 3.73. The topological polar surface area (TPSA) is 72.0 Å². The van der Waals surface area contributed by atoms with Gasteiger partial charge in [0.25, 0.3) is 0 Å². The van der Waals surface area contributed by atoms with E-state index in [1.807, 2.05) is 0 Å². The van der Waals surface area contributed by atoms with Crippen LogP contribution in [0.2, 0.25) is 5.15 Å². The van der Waals surface area contributed by atoms with Crippen LogP contribution >= 0.6 is 11.6 Å². The van der Waals surface area contributed by atoms with Crippen molar-refractivity contribution in [3.63, 3.8) is 0 Å². The largest absolute Gasteiger partial charge is 0.340 e. The van der Waals surface area contributed by atoms with Gasteiger partial charge in [0.15, 0.2) is 9.84 Å². The highest BCUT2D eigenvalue weighted by Crippen LogP contribution is 2.19. The van der Waals surface area contributed by atoms with Crippen LogP contribution in [-0.4, -0.2) is 24.6 Å². The minimum Gasteiger partial charge on any atom is -0.340 e. The van der Waals surface area contributed by atoms with E-state index in [4.69, 9.17) is 11.6 Å². The minimum absolute atomic E-state index is 0.273. The van der Waals surface area contributed by atoms with Gasteiger partial charge in [-0.05, 0) is 31.2 Å². The van der Waals surface area contributed by atoms with E-state index in [1.165, 1.54) is 18.4 Å². The third-order valence-corrected chi connectivity index (χ3v) is 3.68. The van der Waals surface area contributed by atoms with Crippen molar-refractivity contribution in [1.29, 1.82) is 0 Å². The maximum atomic E-state index is 11.3. The molecule has 0 aliphatic rings. The number of halogens is 1. The molecule has 0 aliphatic heterocycles. The van der Waals surface area contributed by atoms with Gasteiger partial charge in [-0.2, -0.15) is 0 Å². The third kappa shape index (κ3) is 3.65. The number of benzene rings is 1. The Morgan fingerprint density at radius 1 is 1.16 bits per heavy atom. The molecule has 1 heterocycles. The molecule has 0 amide bonds. The van der Waals surface area contributed by atoms with Crippen molar-refractivity contribution < 1.29 is 8.42 Å². The first-order chi connectivity index (χ1) is 8.84. The molecule has 0 fully saturated rings. The van der Waals surface area contributed by atoms with Crippen molar-refractivity contribution in [2.75, 3.05) is 11.6 Å². The fraction of sp³-hybridized carbons (Fsp3) is 0.167. The summed E-state index contributed by atoms with van der Waals surface area (Å²) in [7, 11) is -3.18. The van der Waals surface area contributed by atoms with Gasteiger partial charge in [0.05, 0.1) is 4.90 Å². The van der Waals surface area contributed by atoms with Crippen LogP contribution in [0.1, 0.15) is 5.82 Å². The van der Waals surface area contributed by atoms with Crippen LogP contribution in [0, 0.1) is 6.92 Å².